The van der Waals surface area contributed by atoms with E-state index in [2.05, 4.69) is 61.2 Å². The summed E-state index contributed by atoms with van der Waals surface area (Å²) in [5.74, 6) is -0.102. The Bertz CT molecular complexity index is 1140. The van der Waals surface area contributed by atoms with Gasteiger partial charge < -0.3 is 0 Å². The number of H-pyrrole nitrogens is 2. The van der Waals surface area contributed by atoms with Crippen molar-refractivity contribution in [2.75, 3.05) is 0 Å². The smallest absolute Gasteiger partial charge is 0.182 e. The van der Waals surface area contributed by atoms with Gasteiger partial charge >= 0.3 is 0 Å². The lowest BCUT2D eigenvalue weighted by Crippen LogP contribution is -1.96. The van der Waals surface area contributed by atoms with Crippen LogP contribution in [0.5, 0.6) is 0 Å². The van der Waals surface area contributed by atoms with Crippen LogP contribution in [0.1, 0.15) is 28.5 Å². The van der Waals surface area contributed by atoms with Crippen LogP contribution in [0.25, 0.3) is 33.6 Å². The van der Waals surface area contributed by atoms with Crippen LogP contribution in [0.3, 0.4) is 0 Å². The molecule has 2 aromatic heterocycles. The van der Waals surface area contributed by atoms with Crippen molar-refractivity contribution < 1.29 is 4.79 Å². The summed E-state index contributed by atoms with van der Waals surface area (Å²) in [7, 11) is 0. The molecule has 0 fully saturated rings. The Labute approximate surface area is 148 Å². The Kier molecular flexibility index (Phi) is 3.08. The van der Waals surface area contributed by atoms with Gasteiger partial charge in [0.05, 0.1) is 6.20 Å². The molecule has 1 aliphatic carbocycles. The highest BCUT2D eigenvalue weighted by Gasteiger charge is 2.22. The van der Waals surface area contributed by atoms with E-state index in [1.807, 2.05) is 6.07 Å². The number of hydrogen-bond acceptors (Lipinski definition) is 5. The Morgan fingerprint density at radius 2 is 1.65 bits per heavy atom. The Morgan fingerprint density at radius 3 is 2.35 bits per heavy atom. The third kappa shape index (κ3) is 2.17. The van der Waals surface area contributed by atoms with Crippen molar-refractivity contribution >= 4 is 5.78 Å². The van der Waals surface area contributed by atoms with E-state index in [0.29, 0.717) is 11.4 Å². The van der Waals surface area contributed by atoms with Crippen molar-refractivity contribution in [1.82, 2.24) is 30.8 Å². The maximum Gasteiger partial charge on any atom is 0.182 e. The van der Waals surface area contributed by atoms with E-state index in [4.69, 9.17) is 0 Å². The van der Waals surface area contributed by atoms with Crippen molar-refractivity contribution in [3.63, 3.8) is 0 Å². The lowest BCUT2D eigenvalue weighted by atomic mass is 10.00. The van der Waals surface area contributed by atoms with E-state index < -0.39 is 0 Å². The molecule has 0 unspecified atom stereocenters. The van der Waals surface area contributed by atoms with Gasteiger partial charge in [0.2, 0.25) is 0 Å². The van der Waals surface area contributed by atoms with Crippen molar-refractivity contribution in [1.29, 1.82) is 0 Å². The summed E-state index contributed by atoms with van der Waals surface area (Å²) in [6, 6.07) is 12.5. The number of nitrogens with one attached hydrogen (secondary N) is 2. The van der Waals surface area contributed by atoms with Gasteiger partial charge in [-0.15, -0.1) is 0 Å². The first kappa shape index (κ1) is 14.7. The van der Waals surface area contributed by atoms with E-state index in [1.54, 1.807) is 6.20 Å². The zero-order valence-corrected chi connectivity index (χ0v) is 13.9. The lowest BCUT2D eigenvalue weighted by molar-refractivity contribution is 0.101. The van der Waals surface area contributed by atoms with Crippen LogP contribution in [0.15, 0.2) is 42.6 Å². The Morgan fingerprint density at radius 1 is 0.923 bits per heavy atom. The first-order valence-corrected chi connectivity index (χ1v) is 8.25. The Hall–Kier alpha value is -3.61. The highest BCUT2D eigenvalue weighted by Crippen LogP contribution is 2.40. The molecule has 2 aromatic carbocycles. The number of Topliss-reactive ketones (excluding diaryl/α,β-unsaturated/α-hetero) is 1. The molecule has 2 N–H and O–H groups in total. The van der Waals surface area contributed by atoms with Gasteiger partial charge in [-0.1, -0.05) is 24.3 Å². The van der Waals surface area contributed by atoms with E-state index in [1.165, 1.54) is 29.2 Å². The van der Waals surface area contributed by atoms with Crippen molar-refractivity contribution in [2.45, 2.75) is 13.3 Å². The second kappa shape index (κ2) is 5.45. The van der Waals surface area contributed by atoms with Crippen LogP contribution >= 0.6 is 0 Å². The second-order valence-corrected chi connectivity index (χ2v) is 6.35. The number of ketones is 1. The summed E-state index contributed by atoms with van der Waals surface area (Å²) >= 11 is 0. The van der Waals surface area contributed by atoms with Gasteiger partial charge in [-0.2, -0.15) is 30.8 Å². The van der Waals surface area contributed by atoms with E-state index in [-0.39, 0.29) is 5.78 Å². The van der Waals surface area contributed by atoms with Gasteiger partial charge in [-0.25, -0.2) is 0 Å². The number of carbonyl (C=O) groups is 1. The van der Waals surface area contributed by atoms with Crippen LogP contribution in [0.4, 0.5) is 0 Å². The molecule has 126 valence electrons. The quantitative estimate of drug-likeness (QED) is 0.491. The van der Waals surface area contributed by atoms with Crippen LogP contribution in [-0.4, -0.2) is 36.6 Å². The minimum Gasteiger partial charge on any atom is -0.293 e. The van der Waals surface area contributed by atoms with Crippen LogP contribution in [0.2, 0.25) is 0 Å². The summed E-state index contributed by atoms with van der Waals surface area (Å²) in [4.78, 5) is 11.7. The lowest BCUT2D eigenvalue weighted by Gasteiger charge is -2.04. The van der Waals surface area contributed by atoms with Gasteiger partial charge in [0.1, 0.15) is 11.4 Å². The number of carbonyl (C=O) groups excluding carboxylic acids is 1. The minimum absolute atomic E-state index is 0.102. The molecular weight excluding hydrogens is 328 g/mol. The molecule has 0 spiro atoms. The summed E-state index contributed by atoms with van der Waals surface area (Å²) in [6.45, 7) is 1.50. The molecule has 7 nitrogen and oxygen atoms in total. The molecule has 0 saturated heterocycles. The Balaban J connectivity index is 1.56. The summed E-state index contributed by atoms with van der Waals surface area (Å²) < 4.78 is 0. The summed E-state index contributed by atoms with van der Waals surface area (Å²) in [5.41, 5.74) is 8.64. The number of benzene rings is 2. The molecule has 26 heavy (non-hydrogen) atoms. The largest absolute Gasteiger partial charge is 0.293 e. The van der Waals surface area contributed by atoms with Crippen molar-refractivity contribution in [3.05, 3.63) is 59.4 Å². The van der Waals surface area contributed by atoms with Crippen LogP contribution < -0.4 is 0 Å². The number of aromatic amines is 2. The number of aromatic nitrogens is 6. The number of hydrogen-bond donors (Lipinski definition) is 2. The third-order valence-electron chi connectivity index (χ3n) is 4.75. The second-order valence-electron chi connectivity index (χ2n) is 6.35. The first-order valence-electron chi connectivity index (χ1n) is 8.25. The van der Waals surface area contributed by atoms with Gasteiger partial charge in [-0.3, -0.25) is 4.79 Å². The molecule has 2 heterocycles. The maximum atomic E-state index is 11.7. The number of nitrogens with zero attached hydrogens (tertiary/aromatic N) is 4. The zero-order chi connectivity index (χ0) is 17.7. The van der Waals surface area contributed by atoms with E-state index in [9.17, 15) is 4.79 Å². The molecule has 0 bridgehead atoms. The fraction of sp³-hybridized carbons (Fsp3) is 0.105. The molecule has 4 aromatic rings. The van der Waals surface area contributed by atoms with Gasteiger partial charge in [0, 0.05) is 18.1 Å². The first-order chi connectivity index (χ1) is 12.7. The fourth-order valence-electron chi connectivity index (χ4n) is 3.54. The topological polar surface area (TPSA) is 100 Å². The number of rotatable bonds is 3. The standard InChI is InChI=1S/C19H14N6O/c1-10(26)18-19(23-25-22-18)12-3-5-16-14(7-12)8-13-6-11(2-4-15(13)16)17-9-20-24-21-17/h2-7,9H,8H2,1H3,(H,20,21,24)(H,22,23,25). The predicted molar refractivity (Wildman–Crippen MR) is 95.4 cm³/mol. The molecule has 1 aliphatic rings. The molecule has 0 amide bonds. The third-order valence-corrected chi connectivity index (χ3v) is 4.75. The number of fused-ring (bicyclic) bond motifs is 3. The van der Waals surface area contributed by atoms with Crippen LogP contribution in [-0.2, 0) is 6.42 Å². The summed E-state index contributed by atoms with van der Waals surface area (Å²) in [6.07, 6.45) is 2.55. The molecule has 0 atom stereocenters. The normalized spacial score (nSPS) is 12.0. The molecular formula is C19H14N6O. The van der Waals surface area contributed by atoms with E-state index in [0.717, 1.165) is 23.2 Å². The highest BCUT2D eigenvalue weighted by atomic mass is 16.1. The van der Waals surface area contributed by atoms with Gasteiger partial charge in [-0.05, 0) is 40.8 Å². The fourth-order valence-corrected chi connectivity index (χ4v) is 3.54. The summed E-state index contributed by atoms with van der Waals surface area (Å²) in [5, 5.41) is 21.3. The van der Waals surface area contributed by atoms with Crippen molar-refractivity contribution in [3.8, 4) is 33.6 Å². The van der Waals surface area contributed by atoms with Crippen molar-refractivity contribution in [2.24, 2.45) is 0 Å². The molecule has 0 saturated carbocycles. The van der Waals surface area contributed by atoms with E-state index >= 15 is 0 Å². The monoisotopic (exact) mass is 342 g/mol. The molecule has 5 rings (SSSR count). The van der Waals surface area contributed by atoms with Gasteiger partial charge in [0.25, 0.3) is 0 Å². The average molecular weight is 342 g/mol. The zero-order valence-electron chi connectivity index (χ0n) is 13.9. The SMILES string of the molecule is CC(=O)c1n[nH]nc1-c1ccc2c(c1)Cc1cc(-c3cn[nH]n3)ccc1-2. The minimum atomic E-state index is -0.102. The molecule has 0 aliphatic heterocycles. The maximum absolute atomic E-state index is 11.7. The highest BCUT2D eigenvalue weighted by molar-refractivity contribution is 5.98. The predicted octanol–water partition coefficient (Wildman–Crippen LogP) is 3.03. The molecule has 0 radical (unpaired) electrons. The molecule has 7 heteroatoms. The van der Waals surface area contributed by atoms with Gasteiger partial charge in [0.15, 0.2) is 11.5 Å². The average Bonchev–Trinajstić information content (AvgIpc) is 3.38. The van der Waals surface area contributed by atoms with Crippen LogP contribution in [0, 0.1) is 0 Å².